The number of aromatic nitrogens is 1. The third-order valence-electron chi connectivity index (χ3n) is 3.24. The van der Waals surface area contributed by atoms with Gasteiger partial charge in [0, 0.05) is 50.7 Å². The fraction of sp³-hybridized carbons (Fsp3) is 0.375. The fourth-order valence-corrected chi connectivity index (χ4v) is 2.61. The summed E-state index contributed by atoms with van der Waals surface area (Å²) in [5.74, 6) is 0.100. The van der Waals surface area contributed by atoms with E-state index in [0.29, 0.717) is 13.0 Å². The van der Waals surface area contributed by atoms with E-state index < -0.39 is 0 Å². The minimum atomic E-state index is 0.100. The summed E-state index contributed by atoms with van der Waals surface area (Å²) < 4.78 is 0. The number of amides is 1. The number of carbonyl (C=O) groups excluding carboxylic acids is 1. The van der Waals surface area contributed by atoms with Crippen LogP contribution >= 0.6 is 11.3 Å². The largest absolute Gasteiger partial charge is 0.378 e. The molecule has 1 N–H and O–H groups in total. The van der Waals surface area contributed by atoms with Crippen molar-refractivity contribution in [3.63, 3.8) is 0 Å². The summed E-state index contributed by atoms with van der Waals surface area (Å²) in [5.41, 5.74) is 2.36. The van der Waals surface area contributed by atoms with Crippen LogP contribution in [0.2, 0.25) is 0 Å². The van der Waals surface area contributed by atoms with Crippen molar-refractivity contribution >= 4 is 22.9 Å². The van der Waals surface area contributed by atoms with Gasteiger partial charge in [0.25, 0.3) is 0 Å². The fourth-order valence-electron chi connectivity index (χ4n) is 1.99. The van der Waals surface area contributed by atoms with Crippen molar-refractivity contribution in [2.24, 2.45) is 0 Å². The Balaban J connectivity index is 1.68. The van der Waals surface area contributed by atoms with Crippen molar-refractivity contribution in [1.29, 1.82) is 0 Å². The highest BCUT2D eigenvalue weighted by Crippen LogP contribution is 2.13. The van der Waals surface area contributed by atoms with E-state index in [-0.39, 0.29) is 5.91 Å². The summed E-state index contributed by atoms with van der Waals surface area (Å²) >= 11 is 1.62. The van der Waals surface area contributed by atoms with Crippen LogP contribution in [0.3, 0.4) is 0 Å². The highest BCUT2D eigenvalue weighted by Gasteiger charge is 2.03. The number of hydrogen-bond donors (Lipinski definition) is 1. The molecule has 0 fully saturated rings. The molecule has 0 spiro atoms. The van der Waals surface area contributed by atoms with E-state index >= 15 is 0 Å². The van der Waals surface area contributed by atoms with Crippen LogP contribution in [0.5, 0.6) is 0 Å². The Morgan fingerprint density at radius 1 is 1.24 bits per heavy atom. The van der Waals surface area contributed by atoms with Crippen LogP contribution < -0.4 is 10.2 Å². The molecule has 112 valence electrons. The van der Waals surface area contributed by atoms with Crippen molar-refractivity contribution < 1.29 is 4.79 Å². The lowest BCUT2D eigenvalue weighted by Crippen LogP contribution is -2.25. The number of hydrogen-bond acceptors (Lipinski definition) is 4. The molecule has 1 aromatic carbocycles. The molecule has 0 aliphatic heterocycles. The molecule has 0 radical (unpaired) electrons. The Labute approximate surface area is 129 Å². The van der Waals surface area contributed by atoms with E-state index in [1.165, 1.54) is 11.3 Å². The van der Waals surface area contributed by atoms with Crippen LogP contribution in [0, 0.1) is 0 Å². The van der Waals surface area contributed by atoms with Gasteiger partial charge >= 0.3 is 0 Å². The van der Waals surface area contributed by atoms with E-state index in [4.69, 9.17) is 0 Å². The summed E-state index contributed by atoms with van der Waals surface area (Å²) in [4.78, 5) is 18.0. The van der Waals surface area contributed by atoms with Crippen molar-refractivity contribution in [3.8, 4) is 0 Å². The van der Waals surface area contributed by atoms with Crippen LogP contribution in [0.15, 0.2) is 35.8 Å². The van der Waals surface area contributed by atoms with Crippen LogP contribution in [0.25, 0.3) is 0 Å². The minimum absolute atomic E-state index is 0.100. The third kappa shape index (κ3) is 5.19. The van der Waals surface area contributed by atoms with Crippen molar-refractivity contribution in [3.05, 3.63) is 46.4 Å². The van der Waals surface area contributed by atoms with Gasteiger partial charge in [-0.25, -0.2) is 4.98 Å². The zero-order valence-electron chi connectivity index (χ0n) is 12.5. The molecule has 0 bridgehead atoms. The molecule has 21 heavy (non-hydrogen) atoms. The van der Waals surface area contributed by atoms with Crippen molar-refractivity contribution in [2.75, 3.05) is 25.5 Å². The van der Waals surface area contributed by atoms with Gasteiger partial charge in [-0.15, -0.1) is 11.3 Å². The van der Waals surface area contributed by atoms with E-state index in [9.17, 15) is 4.79 Å². The summed E-state index contributed by atoms with van der Waals surface area (Å²) in [7, 11) is 4.04. The monoisotopic (exact) mass is 303 g/mol. The van der Waals surface area contributed by atoms with Crippen LogP contribution in [0.1, 0.15) is 17.0 Å². The van der Waals surface area contributed by atoms with Crippen LogP contribution in [-0.4, -0.2) is 31.5 Å². The van der Waals surface area contributed by atoms with E-state index in [1.54, 1.807) is 17.5 Å². The van der Waals surface area contributed by atoms with Gasteiger partial charge in [0.05, 0.1) is 5.01 Å². The zero-order valence-corrected chi connectivity index (χ0v) is 13.3. The number of anilines is 1. The lowest BCUT2D eigenvalue weighted by Gasteiger charge is -2.12. The molecule has 1 amide bonds. The molecule has 4 nitrogen and oxygen atoms in total. The number of nitrogens with zero attached hydrogens (tertiary/aromatic N) is 2. The van der Waals surface area contributed by atoms with Crippen LogP contribution in [-0.2, 0) is 17.6 Å². The number of carbonyl (C=O) groups is 1. The number of aryl methyl sites for hydroxylation is 1. The molecule has 0 saturated carbocycles. The third-order valence-corrected chi connectivity index (χ3v) is 4.08. The first-order chi connectivity index (χ1) is 10.1. The van der Waals surface area contributed by atoms with Gasteiger partial charge in [-0.05, 0) is 24.1 Å². The topological polar surface area (TPSA) is 45.2 Å². The van der Waals surface area contributed by atoms with Crippen molar-refractivity contribution in [2.45, 2.75) is 19.3 Å². The molecule has 1 heterocycles. The molecular weight excluding hydrogens is 282 g/mol. The Bertz CT molecular complexity index is 549. The zero-order chi connectivity index (χ0) is 15.1. The number of nitrogens with one attached hydrogen (secondary N) is 1. The lowest BCUT2D eigenvalue weighted by molar-refractivity contribution is -0.121. The predicted molar refractivity (Wildman–Crippen MR) is 87.9 cm³/mol. The molecular formula is C16H21N3OS. The normalized spacial score (nSPS) is 10.4. The standard InChI is InChI=1S/C16H21N3OS/c1-19(2)14-6-3-13(4-7-14)5-8-15(20)17-10-9-16-18-11-12-21-16/h3-4,6-7,11-12H,5,8-10H2,1-2H3,(H,17,20). The maximum absolute atomic E-state index is 11.8. The highest BCUT2D eigenvalue weighted by molar-refractivity contribution is 7.09. The predicted octanol–water partition coefficient (Wildman–Crippen LogP) is 2.50. The summed E-state index contributed by atoms with van der Waals surface area (Å²) in [6.07, 6.45) is 3.90. The number of benzene rings is 1. The second-order valence-corrected chi connectivity index (χ2v) is 6.07. The maximum atomic E-state index is 11.8. The first-order valence-corrected chi connectivity index (χ1v) is 7.94. The molecule has 2 aromatic rings. The van der Waals surface area contributed by atoms with Gasteiger partial charge in [0.1, 0.15) is 0 Å². The Morgan fingerprint density at radius 3 is 2.62 bits per heavy atom. The van der Waals surface area contributed by atoms with Gasteiger partial charge < -0.3 is 10.2 Å². The average molecular weight is 303 g/mol. The lowest BCUT2D eigenvalue weighted by atomic mass is 10.1. The number of thiazole rings is 1. The first-order valence-electron chi connectivity index (χ1n) is 7.06. The van der Waals surface area contributed by atoms with Gasteiger partial charge in [0.2, 0.25) is 5.91 Å². The Hall–Kier alpha value is -1.88. The van der Waals surface area contributed by atoms with Gasteiger partial charge in [-0.3, -0.25) is 4.79 Å². The Morgan fingerprint density at radius 2 is 2.00 bits per heavy atom. The first kappa shape index (κ1) is 15.5. The molecule has 0 atom stereocenters. The van der Waals surface area contributed by atoms with Gasteiger partial charge in [0.15, 0.2) is 0 Å². The SMILES string of the molecule is CN(C)c1ccc(CCC(=O)NCCc2nccs2)cc1. The molecule has 2 rings (SSSR count). The minimum Gasteiger partial charge on any atom is -0.378 e. The quantitative estimate of drug-likeness (QED) is 0.855. The second-order valence-electron chi connectivity index (χ2n) is 5.09. The number of rotatable bonds is 7. The highest BCUT2D eigenvalue weighted by atomic mass is 32.1. The summed E-state index contributed by atoms with van der Waals surface area (Å²) in [6, 6.07) is 8.32. The van der Waals surface area contributed by atoms with Gasteiger partial charge in [-0.1, -0.05) is 12.1 Å². The van der Waals surface area contributed by atoms with Crippen molar-refractivity contribution in [1.82, 2.24) is 10.3 Å². The molecule has 0 aliphatic rings. The van der Waals surface area contributed by atoms with E-state index in [0.717, 1.165) is 17.8 Å². The van der Waals surface area contributed by atoms with Crippen LogP contribution in [0.4, 0.5) is 5.69 Å². The summed E-state index contributed by atoms with van der Waals surface area (Å²) in [6.45, 7) is 0.659. The van der Waals surface area contributed by atoms with Gasteiger partial charge in [-0.2, -0.15) is 0 Å². The Kier molecular flexibility index (Phi) is 5.75. The van der Waals surface area contributed by atoms with E-state index in [2.05, 4.69) is 39.5 Å². The molecule has 0 aliphatic carbocycles. The molecule has 1 aromatic heterocycles. The molecule has 0 unspecified atom stereocenters. The van der Waals surface area contributed by atoms with E-state index in [1.807, 2.05) is 19.5 Å². The summed E-state index contributed by atoms with van der Waals surface area (Å²) in [5, 5.41) is 5.96. The second kappa shape index (κ2) is 7.78. The average Bonchev–Trinajstić information content (AvgIpc) is 2.99. The smallest absolute Gasteiger partial charge is 0.220 e. The molecule has 5 heteroatoms. The molecule has 0 saturated heterocycles. The maximum Gasteiger partial charge on any atom is 0.220 e.